The van der Waals surface area contributed by atoms with Gasteiger partial charge in [0.15, 0.2) is 16.7 Å². The van der Waals surface area contributed by atoms with Crippen molar-refractivity contribution in [3.63, 3.8) is 0 Å². The van der Waals surface area contributed by atoms with Gasteiger partial charge in [-0.25, -0.2) is 5.43 Å². The molecule has 1 amide bonds. The number of hydrazone groups is 1. The summed E-state index contributed by atoms with van der Waals surface area (Å²) < 4.78 is 10.5. The molecule has 11 heteroatoms. The van der Waals surface area contributed by atoms with Gasteiger partial charge in [0.05, 0.1) is 32.1 Å². The van der Waals surface area contributed by atoms with Gasteiger partial charge in [0.2, 0.25) is 5.91 Å². The summed E-state index contributed by atoms with van der Waals surface area (Å²) in [6.07, 6.45) is 4.90. The lowest BCUT2D eigenvalue weighted by atomic mass is 10.00. The number of amides is 1. The summed E-state index contributed by atoms with van der Waals surface area (Å²) in [5, 5.41) is 11.0. The van der Waals surface area contributed by atoms with Gasteiger partial charge < -0.3 is 24.7 Å². The standard InChI is InChI=1S/C23H25ClN6O3S/c1-32-19-8-7-16(11-20(19)33-2)25-21(31)13-34-23-27-26-22-18-12-17(14-3-5-15(24)6-4-14)28-30(18)10-9-29(22)23/h3-11,17-18,22,26,28H,12-13H2,1-2H3,(H,25,31). The number of nitrogens with zero attached hydrogens (tertiary/aromatic N) is 3. The first-order valence-electron chi connectivity index (χ1n) is 10.8. The number of amidine groups is 1. The number of fused-ring (bicyclic) bond motifs is 3. The molecule has 3 unspecified atom stereocenters. The summed E-state index contributed by atoms with van der Waals surface area (Å²) in [7, 11) is 3.13. The topological polar surface area (TPSA) is 90.5 Å². The Bertz CT molecular complexity index is 1130. The summed E-state index contributed by atoms with van der Waals surface area (Å²) in [6, 6.07) is 13.6. The number of carbonyl (C=O) groups is 1. The van der Waals surface area contributed by atoms with Crippen molar-refractivity contribution in [2.24, 2.45) is 5.10 Å². The minimum absolute atomic E-state index is 0.00814. The molecule has 3 aliphatic rings. The minimum Gasteiger partial charge on any atom is -0.493 e. The Labute approximate surface area is 207 Å². The van der Waals surface area contributed by atoms with Crippen LogP contribution in [0.3, 0.4) is 0 Å². The van der Waals surface area contributed by atoms with Crippen molar-refractivity contribution in [1.82, 2.24) is 20.8 Å². The molecule has 2 aromatic carbocycles. The van der Waals surface area contributed by atoms with Crippen LogP contribution in [0.15, 0.2) is 60.0 Å². The molecule has 1 fully saturated rings. The summed E-state index contributed by atoms with van der Waals surface area (Å²) >= 11 is 7.43. The number of hydrogen-bond donors (Lipinski definition) is 3. The van der Waals surface area contributed by atoms with E-state index in [9.17, 15) is 4.79 Å². The van der Waals surface area contributed by atoms with Crippen molar-refractivity contribution >= 4 is 40.1 Å². The molecule has 5 rings (SSSR count). The molecular weight excluding hydrogens is 476 g/mol. The molecule has 0 aromatic heterocycles. The number of halogens is 1. The Balaban J connectivity index is 1.17. The van der Waals surface area contributed by atoms with Crippen LogP contribution >= 0.6 is 23.4 Å². The largest absolute Gasteiger partial charge is 0.493 e. The Kier molecular flexibility index (Phi) is 6.44. The van der Waals surface area contributed by atoms with Gasteiger partial charge in [-0.2, -0.15) is 5.10 Å². The van der Waals surface area contributed by atoms with E-state index in [4.69, 9.17) is 21.1 Å². The van der Waals surface area contributed by atoms with Crippen molar-refractivity contribution < 1.29 is 14.3 Å². The van der Waals surface area contributed by atoms with Crippen LogP contribution < -0.4 is 25.6 Å². The molecule has 3 heterocycles. The van der Waals surface area contributed by atoms with Gasteiger partial charge in [-0.1, -0.05) is 35.5 Å². The molecular formula is C23H25ClN6O3S. The van der Waals surface area contributed by atoms with E-state index < -0.39 is 0 Å². The number of hydrazine groups is 1. The van der Waals surface area contributed by atoms with Crippen LogP contribution in [0.2, 0.25) is 5.02 Å². The second kappa shape index (κ2) is 9.65. The van der Waals surface area contributed by atoms with Gasteiger partial charge in [0, 0.05) is 29.2 Å². The summed E-state index contributed by atoms with van der Waals surface area (Å²) in [6.45, 7) is 0. The number of carbonyl (C=O) groups excluding carboxylic acids is 1. The van der Waals surface area contributed by atoms with E-state index in [1.54, 1.807) is 32.4 Å². The number of anilines is 1. The average molecular weight is 501 g/mol. The van der Waals surface area contributed by atoms with Gasteiger partial charge in [-0.05, 0) is 36.2 Å². The van der Waals surface area contributed by atoms with E-state index >= 15 is 0 Å². The average Bonchev–Trinajstić information content (AvgIpc) is 3.47. The third-order valence-electron chi connectivity index (χ3n) is 5.98. The fourth-order valence-electron chi connectivity index (χ4n) is 4.30. The van der Waals surface area contributed by atoms with E-state index in [1.807, 2.05) is 24.5 Å². The zero-order valence-corrected chi connectivity index (χ0v) is 20.3. The Morgan fingerprint density at radius 1 is 1.18 bits per heavy atom. The van der Waals surface area contributed by atoms with Crippen LogP contribution in [0.25, 0.3) is 0 Å². The van der Waals surface area contributed by atoms with E-state index in [2.05, 4.69) is 43.3 Å². The maximum absolute atomic E-state index is 12.5. The number of ether oxygens (including phenoxy) is 2. The maximum atomic E-state index is 12.5. The van der Waals surface area contributed by atoms with Gasteiger partial charge >= 0.3 is 0 Å². The fraction of sp³-hybridized carbons (Fsp3) is 0.304. The van der Waals surface area contributed by atoms with Crippen LogP contribution in [0.1, 0.15) is 18.0 Å². The predicted octanol–water partition coefficient (Wildman–Crippen LogP) is 3.34. The Hall–Kier alpha value is -3.08. The lowest BCUT2D eigenvalue weighted by Crippen LogP contribution is -2.54. The van der Waals surface area contributed by atoms with Gasteiger partial charge in [-0.15, -0.1) is 0 Å². The third kappa shape index (κ3) is 4.48. The highest BCUT2D eigenvalue weighted by molar-refractivity contribution is 8.14. The van der Waals surface area contributed by atoms with Crippen LogP contribution in [0, 0.1) is 0 Å². The SMILES string of the molecule is COc1ccc(NC(=O)CSC2=NNC3C4CC(c5ccc(Cl)cc5)NN4C=CN23)cc1OC. The Morgan fingerprint density at radius 2 is 1.97 bits per heavy atom. The number of rotatable bonds is 6. The molecule has 3 N–H and O–H groups in total. The summed E-state index contributed by atoms with van der Waals surface area (Å²) in [5.41, 5.74) is 8.62. The van der Waals surface area contributed by atoms with Crippen molar-refractivity contribution in [3.05, 3.63) is 65.5 Å². The lowest BCUT2D eigenvalue weighted by Gasteiger charge is -2.36. The molecule has 0 radical (unpaired) electrons. The normalized spacial score (nSPS) is 22.6. The van der Waals surface area contributed by atoms with Crippen molar-refractivity contribution in [2.75, 3.05) is 25.3 Å². The number of thioether (sulfide) groups is 1. The molecule has 0 saturated carbocycles. The van der Waals surface area contributed by atoms with Crippen LogP contribution in [0.5, 0.6) is 11.5 Å². The highest BCUT2D eigenvalue weighted by Gasteiger charge is 2.44. The second-order valence-corrected chi connectivity index (χ2v) is 9.40. The highest BCUT2D eigenvalue weighted by atomic mass is 35.5. The lowest BCUT2D eigenvalue weighted by molar-refractivity contribution is -0.113. The van der Waals surface area contributed by atoms with Crippen molar-refractivity contribution in [3.8, 4) is 11.5 Å². The van der Waals surface area contributed by atoms with Crippen molar-refractivity contribution in [1.29, 1.82) is 0 Å². The maximum Gasteiger partial charge on any atom is 0.234 e. The number of benzene rings is 2. The molecule has 0 spiro atoms. The van der Waals surface area contributed by atoms with Gasteiger partial charge in [0.1, 0.15) is 6.17 Å². The second-order valence-electron chi connectivity index (χ2n) is 8.02. The van der Waals surface area contributed by atoms with E-state index in [0.29, 0.717) is 17.2 Å². The van der Waals surface area contributed by atoms with E-state index in [0.717, 1.165) is 16.6 Å². The van der Waals surface area contributed by atoms with E-state index in [1.165, 1.54) is 17.3 Å². The zero-order chi connectivity index (χ0) is 23.7. The molecule has 2 aromatic rings. The monoisotopic (exact) mass is 500 g/mol. The molecule has 3 atom stereocenters. The molecule has 1 saturated heterocycles. The fourth-order valence-corrected chi connectivity index (χ4v) is 5.20. The molecule has 3 aliphatic heterocycles. The van der Waals surface area contributed by atoms with Crippen LogP contribution in [0.4, 0.5) is 5.69 Å². The molecule has 34 heavy (non-hydrogen) atoms. The summed E-state index contributed by atoms with van der Waals surface area (Å²) in [4.78, 5) is 14.6. The van der Waals surface area contributed by atoms with Crippen LogP contribution in [-0.4, -0.2) is 53.2 Å². The first-order chi connectivity index (χ1) is 16.6. The Morgan fingerprint density at radius 3 is 2.74 bits per heavy atom. The molecule has 0 bridgehead atoms. The minimum atomic E-state index is -0.128. The third-order valence-corrected chi connectivity index (χ3v) is 7.20. The molecule has 9 nitrogen and oxygen atoms in total. The van der Waals surface area contributed by atoms with Crippen LogP contribution in [-0.2, 0) is 4.79 Å². The number of nitrogens with one attached hydrogen (secondary N) is 3. The highest BCUT2D eigenvalue weighted by Crippen LogP contribution is 2.35. The zero-order valence-electron chi connectivity index (χ0n) is 18.7. The van der Waals surface area contributed by atoms with Gasteiger partial charge in [0.25, 0.3) is 0 Å². The quantitative estimate of drug-likeness (QED) is 0.556. The summed E-state index contributed by atoms with van der Waals surface area (Å²) in [5.74, 6) is 1.27. The van der Waals surface area contributed by atoms with Gasteiger partial charge in [-0.3, -0.25) is 10.2 Å². The van der Waals surface area contributed by atoms with E-state index in [-0.39, 0.29) is 29.9 Å². The number of hydrogen-bond acceptors (Lipinski definition) is 9. The molecule has 178 valence electrons. The predicted molar refractivity (Wildman–Crippen MR) is 134 cm³/mol. The first-order valence-corrected chi connectivity index (χ1v) is 12.2. The smallest absolute Gasteiger partial charge is 0.234 e. The number of methoxy groups -OCH3 is 2. The van der Waals surface area contributed by atoms with Crippen molar-refractivity contribution in [2.45, 2.75) is 24.7 Å². The molecule has 0 aliphatic carbocycles. The first kappa shape index (κ1) is 22.7.